The first-order valence-corrected chi connectivity index (χ1v) is 10.8. The number of hydrogen-bond acceptors (Lipinski definition) is 7. The average molecular weight is 513 g/mol. The van der Waals surface area contributed by atoms with Gasteiger partial charge in [0.05, 0.1) is 29.9 Å². The molecule has 4 rings (SSSR count). The summed E-state index contributed by atoms with van der Waals surface area (Å²) in [4.78, 5) is 15.8. The summed E-state index contributed by atoms with van der Waals surface area (Å²) in [7, 11) is 0. The fraction of sp³-hybridized carbons (Fsp3) is 0.250. The van der Waals surface area contributed by atoms with E-state index in [1.807, 2.05) is 6.07 Å². The van der Waals surface area contributed by atoms with Gasteiger partial charge in [0.1, 0.15) is 17.1 Å². The van der Waals surface area contributed by atoms with Gasteiger partial charge in [-0.2, -0.15) is 23.5 Å². The predicted octanol–water partition coefficient (Wildman–Crippen LogP) is 4.63. The minimum atomic E-state index is -4.65. The molecule has 0 aliphatic heterocycles. The van der Waals surface area contributed by atoms with Crippen LogP contribution in [0.4, 0.5) is 23.2 Å². The minimum Gasteiger partial charge on any atom is -0.423 e. The number of pyridine rings is 1. The number of amides is 1. The van der Waals surface area contributed by atoms with Crippen LogP contribution in [0.15, 0.2) is 47.1 Å². The Morgan fingerprint density at radius 2 is 1.97 bits per heavy atom. The van der Waals surface area contributed by atoms with Crippen molar-refractivity contribution in [2.24, 2.45) is 0 Å². The van der Waals surface area contributed by atoms with Crippen molar-refractivity contribution in [2.45, 2.75) is 38.9 Å². The van der Waals surface area contributed by atoms with Crippen LogP contribution in [0.2, 0.25) is 0 Å². The SMILES string of the molecule is Cc1nnc(C(C)(C)n2cc(-c3c(F)cc(NC(=O)Cc4cccc(C(F)(F)F)n4)cc3C#N)cn2)o1. The highest BCUT2D eigenvalue weighted by molar-refractivity contribution is 5.92. The Labute approximate surface area is 207 Å². The number of halogens is 4. The molecule has 13 heteroatoms. The lowest BCUT2D eigenvalue weighted by atomic mass is 10.0. The molecule has 1 aromatic carbocycles. The first-order chi connectivity index (χ1) is 17.4. The number of nitriles is 1. The smallest absolute Gasteiger partial charge is 0.423 e. The molecule has 0 radical (unpaired) electrons. The minimum absolute atomic E-state index is 0.0381. The quantitative estimate of drug-likeness (QED) is 0.373. The molecule has 4 aromatic rings. The van der Waals surface area contributed by atoms with Crippen LogP contribution in [-0.2, 0) is 22.9 Å². The molecule has 3 aromatic heterocycles. The third-order valence-electron chi connectivity index (χ3n) is 5.43. The molecule has 0 aliphatic rings. The van der Waals surface area contributed by atoms with E-state index < -0.39 is 35.6 Å². The van der Waals surface area contributed by atoms with E-state index >= 15 is 4.39 Å². The van der Waals surface area contributed by atoms with Crippen LogP contribution in [0.25, 0.3) is 11.1 Å². The number of aromatic nitrogens is 5. The molecule has 1 amide bonds. The summed E-state index contributed by atoms with van der Waals surface area (Å²) >= 11 is 0. The molecular formula is C24H19F4N7O2. The van der Waals surface area contributed by atoms with Gasteiger partial charge in [-0.1, -0.05) is 6.07 Å². The Morgan fingerprint density at radius 3 is 2.62 bits per heavy atom. The van der Waals surface area contributed by atoms with Gasteiger partial charge in [-0.3, -0.25) is 9.48 Å². The van der Waals surface area contributed by atoms with Crippen molar-refractivity contribution in [3.8, 4) is 17.2 Å². The predicted molar refractivity (Wildman–Crippen MR) is 121 cm³/mol. The summed E-state index contributed by atoms with van der Waals surface area (Å²) < 4.78 is 60.7. The highest BCUT2D eigenvalue weighted by Gasteiger charge is 2.33. The molecule has 190 valence electrons. The number of hydrogen-bond donors (Lipinski definition) is 1. The van der Waals surface area contributed by atoms with E-state index in [2.05, 4.69) is 25.6 Å². The van der Waals surface area contributed by atoms with Crippen LogP contribution in [0.1, 0.15) is 42.6 Å². The van der Waals surface area contributed by atoms with Gasteiger partial charge in [-0.15, -0.1) is 10.2 Å². The Morgan fingerprint density at radius 1 is 1.22 bits per heavy atom. The Balaban J connectivity index is 1.57. The first kappa shape index (κ1) is 25.5. The maximum absolute atomic E-state index is 15.2. The van der Waals surface area contributed by atoms with Crippen LogP contribution >= 0.6 is 0 Å². The molecule has 0 bridgehead atoms. The fourth-order valence-electron chi connectivity index (χ4n) is 3.57. The second kappa shape index (κ2) is 9.45. The summed E-state index contributed by atoms with van der Waals surface area (Å²) in [6, 6.07) is 7.38. The van der Waals surface area contributed by atoms with E-state index in [9.17, 15) is 23.2 Å². The monoisotopic (exact) mass is 513 g/mol. The van der Waals surface area contributed by atoms with Crippen LogP contribution in [-0.4, -0.2) is 30.9 Å². The van der Waals surface area contributed by atoms with E-state index in [4.69, 9.17) is 4.42 Å². The van der Waals surface area contributed by atoms with Crippen LogP contribution < -0.4 is 5.32 Å². The van der Waals surface area contributed by atoms with E-state index in [0.717, 1.165) is 18.2 Å². The zero-order chi connectivity index (χ0) is 27.0. The second-order valence-corrected chi connectivity index (χ2v) is 8.59. The summed E-state index contributed by atoms with van der Waals surface area (Å²) in [5.74, 6) is -0.881. The second-order valence-electron chi connectivity index (χ2n) is 8.59. The molecule has 37 heavy (non-hydrogen) atoms. The standard InChI is InChI=1S/C24H19F4N7O2/c1-13-33-34-22(37-13)23(2,3)35-12-15(11-30-35)21-14(10-29)7-17(8-18(21)25)32-20(36)9-16-5-4-6-19(31-16)24(26,27)28/h4-8,11-12H,9H2,1-3H3,(H,32,36). The van der Waals surface area contributed by atoms with Crippen LogP contribution in [0.5, 0.6) is 0 Å². The maximum atomic E-state index is 15.2. The lowest BCUT2D eigenvalue weighted by Crippen LogP contribution is -2.28. The zero-order valence-electron chi connectivity index (χ0n) is 19.8. The van der Waals surface area contributed by atoms with Gasteiger partial charge in [0.15, 0.2) is 0 Å². The number of anilines is 1. The van der Waals surface area contributed by atoms with Gasteiger partial charge in [0.2, 0.25) is 17.7 Å². The third-order valence-corrected chi connectivity index (χ3v) is 5.43. The van der Waals surface area contributed by atoms with E-state index in [0.29, 0.717) is 11.5 Å². The molecule has 1 N–H and O–H groups in total. The van der Waals surface area contributed by atoms with Gasteiger partial charge >= 0.3 is 6.18 Å². The summed E-state index contributed by atoms with van der Waals surface area (Å²) in [5, 5.41) is 24.1. The molecule has 0 fully saturated rings. The average Bonchev–Trinajstić information content (AvgIpc) is 3.48. The summed E-state index contributed by atoms with van der Waals surface area (Å²) in [6.45, 7) is 5.19. The number of carbonyl (C=O) groups is 1. The van der Waals surface area contributed by atoms with Crippen LogP contribution in [0.3, 0.4) is 0 Å². The van der Waals surface area contributed by atoms with Gasteiger partial charge in [0, 0.05) is 29.9 Å². The van der Waals surface area contributed by atoms with Crippen molar-refractivity contribution in [1.82, 2.24) is 25.0 Å². The third kappa shape index (κ3) is 5.32. The maximum Gasteiger partial charge on any atom is 0.433 e. The van der Waals surface area contributed by atoms with Crippen molar-refractivity contribution in [2.75, 3.05) is 5.32 Å². The first-order valence-electron chi connectivity index (χ1n) is 10.8. The number of alkyl halides is 3. The number of nitrogens with zero attached hydrogens (tertiary/aromatic N) is 6. The molecule has 0 atom stereocenters. The topological polar surface area (TPSA) is 123 Å². The largest absolute Gasteiger partial charge is 0.433 e. The molecule has 0 aliphatic carbocycles. The highest BCUT2D eigenvalue weighted by Crippen LogP contribution is 2.32. The molecule has 0 saturated heterocycles. The number of rotatable bonds is 6. The van der Waals surface area contributed by atoms with Crippen molar-refractivity contribution in [3.63, 3.8) is 0 Å². The molecule has 3 heterocycles. The van der Waals surface area contributed by atoms with E-state index in [1.54, 1.807) is 20.8 Å². The number of aryl methyl sites for hydroxylation is 1. The normalized spacial score (nSPS) is 11.8. The van der Waals surface area contributed by atoms with E-state index in [1.165, 1.54) is 29.2 Å². The van der Waals surface area contributed by atoms with Crippen molar-refractivity contribution >= 4 is 11.6 Å². The Hall–Kier alpha value is -4.60. The van der Waals surface area contributed by atoms with Gasteiger partial charge in [-0.05, 0) is 38.1 Å². The Kier molecular flexibility index (Phi) is 6.51. The molecule has 0 saturated carbocycles. The lowest BCUT2D eigenvalue weighted by Gasteiger charge is -2.20. The van der Waals surface area contributed by atoms with Gasteiger partial charge in [0.25, 0.3) is 0 Å². The highest BCUT2D eigenvalue weighted by atomic mass is 19.4. The molecular weight excluding hydrogens is 494 g/mol. The number of carbonyl (C=O) groups excluding carboxylic acids is 1. The van der Waals surface area contributed by atoms with Crippen molar-refractivity contribution < 1.29 is 26.8 Å². The van der Waals surface area contributed by atoms with E-state index in [-0.39, 0.29) is 28.4 Å². The van der Waals surface area contributed by atoms with Gasteiger partial charge < -0.3 is 9.73 Å². The number of nitrogens with one attached hydrogen (secondary N) is 1. The van der Waals surface area contributed by atoms with Crippen molar-refractivity contribution in [1.29, 1.82) is 5.26 Å². The Bertz CT molecular complexity index is 1520. The van der Waals surface area contributed by atoms with Gasteiger partial charge in [-0.25, -0.2) is 9.37 Å². The molecule has 0 spiro atoms. The summed E-state index contributed by atoms with van der Waals surface area (Å²) in [6.07, 6.45) is -2.23. The number of benzene rings is 1. The lowest BCUT2D eigenvalue weighted by molar-refractivity contribution is -0.141. The fourth-order valence-corrected chi connectivity index (χ4v) is 3.57. The molecule has 9 nitrogen and oxygen atoms in total. The summed E-state index contributed by atoms with van der Waals surface area (Å²) in [5.41, 5.74) is -1.97. The van der Waals surface area contributed by atoms with Crippen molar-refractivity contribution in [3.05, 3.63) is 77.3 Å². The zero-order valence-corrected chi connectivity index (χ0v) is 19.8. The van der Waals surface area contributed by atoms with Crippen LogP contribution in [0, 0.1) is 24.1 Å². The molecule has 0 unspecified atom stereocenters.